The van der Waals surface area contributed by atoms with Gasteiger partial charge >= 0.3 is 0 Å². The molecule has 0 saturated heterocycles. The fraction of sp³-hybridized carbons (Fsp3) is 0.400. The van der Waals surface area contributed by atoms with E-state index >= 15 is 0 Å². The Morgan fingerprint density at radius 1 is 1.21 bits per heavy atom. The third-order valence-corrected chi connectivity index (χ3v) is 3.54. The van der Waals surface area contributed by atoms with Crippen molar-refractivity contribution in [1.82, 2.24) is 4.90 Å². The van der Waals surface area contributed by atoms with E-state index in [2.05, 4.69) is 0 Å². The summed E-state index contributed by atoms with van der Waals surface area (Å²) in [7, 11) is 0. The summed E-state index contributed by atoms with van der Waals surface area (Å²) in [5.41, 5.74) is 0.570. The van der Waals surface area contributed by atoms with Gasteiger partial charge in [-0.2, -0.15) is 0 Å². The number of imide groups is 1. The molecular formula is C15H17NO3. The van der Waals surface area contributed by atoms with Crippen molar-refractivity contribution in [3.05, 3.63) is 35.4 Å². The van der Waals surface area contributed by atoms with Crippen LogP contribution in [0.3, 0.4) is 0 Å². The van der Waals surface area contributed by atoms with Crippen molar-refractivity contribution in [3.8, 4) is 0 Å². The Morgan fingerprint density at radius 2 is 1.84 bits per heavy atom. The second-order valence-electron chi connectivity index (χ2n) is 5.38. The highest BCUT2D eigenvalue weighted by Gasteiger charge is 2.43. The van der Waals surface area contributed by atoms with Gasteiger partial charge in [-0.05, 0) is 32.4 Å². The molecule has 2 amide bonds. The van der Waals surface area contributed by atoms with Crippen molar-refractivity contribution in [1.29, 1.82) is 0 Å². The largest absolute Gasteiger partial charge is 0.300 e. The molecule has 0 N–H and O–H groups in total. The molecule has 4 heteroatoms. The van der Waals surface area contributed by atoms with Crippen LogP contribution in [-0.4, -0.2) is 29.0 Å². The zero-order valence-corrected chi connectivity index (χ0v) is 11.4. The number of amides is 2. The highest BCUT2D eigenvalue weighted by molar-refractivity contribution is 6.13. The quantitative estimate of drug-likeness (QED) is 0.779. The first-order valence-electron chi connectivity index (χ1n) is 6.31. The van der Waals surface area contributed by atoms with Crippen molar-refractivity contribution < 1.29 is 14.4 Å². The number of fused-ring (bicyclic) bond motifs is 1. The van der Waals surface area contributed by atoms with Crippen LogP contribution in [0.25, 0.3) is 0 Å². The molecule has 0 aromatic heterocycles. The van der Waals surface area contributed by atoms with E-state index in [1.54, 1.807) is 26.0 Å². The van der Waals surface area contributed by atoms with E-state index in [0.29, 0.717) is 5.56 Å². The summed E-state index contributed by atoms with van der Waals surface area (Å²) in [5.74, 6) is -0.573. The molecule has 0 atom stereocenters. The number of rotatable bonds is 3. The summed E-state index contributed by atoms with van der Waals surface area (Å²) < 4.78 is 0. The Hall–Kier alpha value is -1.97. The molecular weight excluding hydrogens is 242 g/mol. The van der Waals surface area contributed by atoms with Crippen LogP contribution in [0.5, 0.6) is 0 Å². The zero-order valence-electron chi connectivity index (χ0n) is 11.4. The standard InChI is InChI=1S/C15H17NO3/c1-10(17)8-9-16-13(18)11-6-4-5-7-12(11)15(2,3)14(16)19/h4-7H,8-9H2,1-3H3. The zero-order chi connectivity index (χ0) is 14.2. The molecule has 0 fully saturated rings. The Balaban J connectivity index is 2.43. The molecule has 1 aromatic carbocycles. The summed E-state index contributed by atoms with van der Waals surface area (Å²) in [6.07, 6.45) is 0.204. The van der Waals surface area contributed by atoms with Crippen LogP contribution in [0.2, 0.25) is 0 Å². The number of benzene rings is 1. The van der Waals surface area contributed by atoms with Crippen LogP contribution in [0.4, 0.5) is 0 Å². The second-order valence-corrected chi connectivity index (χ2v) is 5.38. The van der Waals surface area contributed by atoms with Crippen molar-refractivity contribution in [2.75, 3.05) is 6.54 Å². The Labute approximate surface area is 112 Å². The highest BCUT2D eigenvalue weighted by atomic mass is 16.2. The average molecular weight is 259 g/mol. The van der Waals surface area contributed by atoms with E-state index in [0.717, 1.165) is 5.56 Å². The number of ketones is 1. The molecule has 1 aromatic rings. The lowest BCUT2D eigenvalue weighted by Gasteiger charge is -2.37. The first-order valence-corrected chi connectivity index (χ1v) is 6.31. The van der Waals surface area contributed by atoms with Gasteiger partial charge in [0, 0.05) is 18.5 Å². The molecule has 2 rings (SSSR count). The molecule has 0 spiro atoms. The molecule has 1 aliphatic rings. The monoisotopic (exact) mass is 259 g/mol. The smallest absolute Gasteiger partial charge is 0.260 e. The van der Waals surface area contributed by atoms with Gasteiger partial charge in [0.1, 0.15) is 5.78 Å². The summed E-state index contributed by atoms with van der Waals surface area (Å²) in [6.45, 7) is 5.23. The Kier molecular flexibility index (Phi) is 3.27. The van der Waals surface area contributed by atoms with Gasteiger partial charge in [-0.15, -0.1) is 0 Å². The van der Waals surface area contributed by atoms with E-state index < -0.39 is 5.41 Å². The number of hydrogen-bond acceptors (Lipinski definition) is 3. The van der Waals surface area contributed by atoms with Gasteiger partial charge in [-0.25, -0.2) is 0 Å². The summed E-state index contributed by atoms with van der Waals surface area (Å²) in [6, 6.07) is 7.15. The van der Waals surface area contributed by atoms with Gasteiger partial charge in [-0.3, -0.25) is 19.3 Å². The van der Waals surface area contributed by atoms with Crippen LogP contribution >= 0.6 is 0 Å². The molecule has 0 bridgehead atoms. The maximum absolute atomic E-state index is 12.4. The van der Waals surface area contributed by atoms with E-state index in [4.69, 9.17) is 0 Å². The first-order chi connectivity index (χ1) is 8.85. The van der Waals surface area contributed by atoms with Crippen molar-refractivity contribution >= 4 is 17.6 Å². The number of nitrogens with zero attached hydrogens (tertiary/aromatic N) is 1. The SMILES string of the molecule is CC(=O)CCN1C(=O)c2ccccc2C(C)(C)C1=O. The predicted molar refractivity (Wildman–Crippen MR) is 70.8 cm³/mol. The fourth-order valence-corrected chi connectivity index (χ4v) is 2.38. The highest BCUT2D eigenvalue weighted by Crippen LogP contribution is 2.34. The van der Waals surface area contributed by atoms with Crippen LogP contribution in [0.1, 0.15) is 43.1 Å². The Bertz CT molecular complexity index is 560. The fourth-order valence-electron chi connectivity index (χ4n) is 2.38. The number of carbonyl (C=O) groups excluding carboxylic acids is 3. The van der Waals surface area contributed by atoms with E-state index in [1.807, 2.05) is 12.1 Å². The van der Waals surface area contributed by atoms with Gasteiger partial charge in [0.2, 0.25) is 5.91 Å². The van der Waals surface area contributed by atoms with Crippen LogP contribution in [-0.2, 0) is 15.0 Å². The topological polar surface area (TPSA) is 54.5 Å². The number of carbonyl (C=O) groups is 3. The Morgan fingerprint density at radius 3 is 2.47 bits per heavy atom. The predicted octanol–water partition coefficient (Wildman–Crippen LogP) is 1.93. The normalized spacial score (nSPS) is 17.3. The first kappa shape index (κ1) is 13.5. The maximum atomic E-state index is 12.4. The van der Waals surface area contributed by atoms with Crippen molar-refractivity contribution in [2.45, 2.75) is 32.6 Å². The maximum Gasteiger partial charge on any atom is 0.260 e. The minimum absolute atomic E-state index is 0.0303. The molecule has 100 valence electrons. The van der Waals surface area contributed by atoms with Crippen molar-refractivity contribution in [3.63, 3.8) is 0 Å². The lowest BCUT2D eigenvalue weighted by Crippen LogP contribution is -2.52. The molecule has 19 heavy (non-hydrogen) atoms. The third kappa shape index (κ3) is 2.18. The molecule has 1 aliphatic heterocycles. The molecule has 0 saturated carbocycles. The lowest BCUT2D eigenvalue weighted by molar-refractivity contribution is -0.134. The minimum Gasteiger partial charge on any atom is -0.300 e. The van der Waals surface area contributed by atoms with Crippen LogP contribution in [0, 0.1) is 0 Å². The van der Waals surface area contributed by atoms with Gasteiger partial charge in [0.25, 0.3) is 5.91 Å². The van der Waals surface area contributed by atoms with E-state index in [1.165, 1.54) is 11.8 Å². The van der Waals surface area contributed by atoms with Crippen molar-refractivity contribution in [2.24, 2.45) is 0 Å². The molecule has 1 heterocycles. The summed E-state index contributed by atoms with van der Waals surface area (Å²) in [5, 5.41) is 0. The molecule has 4 nitrogen and oxygen atoms in total. The number of Topliss-reactive ketones (excluding diaryl/α,β-unsaturated/α-hetero) is 1. The van der Waals surface area contributed by atoms with Crippen LogP contribution < -0.4 is 0 Å². The van der Waals surface area contributed by atoms with Gasteiger partial charge in [0.05, 0.1) is 5.41 Å². The third-order valence-electron chi connectivity index (χ3n) is 3.54. The number of hydrogen-bond donors (Lipinski definition) is 0. The second kappa shape index (κ2) is 4.61. The van der Waals surface area contributed by atoms with E-state index in [-0.39, 0.29) is 30.6 Å². The average Bonchev–Trinajstić information content (AvgIpc) is 2.36. The van der Waals surface area contributed by atoms with Gasteiger partial charge < -0.3 is 0 Å². The van der Waals surface area contributed by atoms with Gasteiger partial charge in [-0.1, -0.05) is 18.2 Å². The lowest BCUT2D eigenvalue weighted by atomic mass is 9.77. The van der Waals surface area contributed by atoms with E-state index in [9.17, 15) is 14.4 Å². The van der Waals surface area contributed by atoms with Crippen LogP contribution in [0.15, 0.2) is 24.3 Å². The molecule has 0 unspecified atom stereocenters. The molecule has 0 radical (unpaired) electrons. The molecule has 0 aliphatic carbocycles. The minimum atomic E-state index is -0.735. The van der Waals surface area contributed by atoms with Gasteiger partial charge in [0.15, 0.2) is 0 Å². The summed E-state index contributed by atoms with van der Waals surface area (Å²) >= 11 is 0. The summed E-state index contributed by atoms with van der Waals surface area (Å²) in [4.78, 5) is 37.0.